The highest BCUT2D eigenvalue weighted by Gasteiger charge is 2.51. The van der Waals surface area contributed by atoms with Crippen LogP contribution in [0.2, 0.25) is 0 Å². The van der Waals surface area contributed by atoms with E-state index in [4.69, 9.17) is 0 Å². The quantitative estimate of drug-likeness (QED) is 0.867. The van der Waals surface area contributed by atoms with Crippen molar-refractivity contribution in [1.82, 2.24) is 14.1 Å². The second kappa shape index (κ2) is 5.65. The van der Waals surface area contributed by atoms with Crippen LogP contribution in [0.5, 0.6) is 0 Å². The average molecular weight is 374 g/mol. The van der Waals surface area contributed by atoms with Gasteiger partial charge in [0.25, 0.3) is 0 Å². The molecule has 3 heterocycles. The molecule has 1 spiro atoms. The van der Waals surface area contributed by atoms with Crippen LogP contribution in [0, 0.1) is 13.8 Å². The number of hydrogen-bond donors (Lipinski definition) is 1. The Morgan fingerprint density at radius 1 is 1.23 bits per heavy atom. The number of para-hydroxylation sites is 1. The fraction of sp³-hybridized carbons (Fsp3) is 0.444. The molecule has 8 heteroatoms. The lowest BCUT2D eigenvalue weighted by Gasteiger charge is -2.38. The van der Waals surface area contributed by atoms with Crippen molar-refractivity contribution >= 4 is 21.6 Å². The van der Waals surface area contributed by atoms with E-state index in [9.17, 15) is 13.2 Å². The van der Waals surface area contributed by atoms with Gasteiger partial charge in [0.1, 0.15) is 4.90 Å². The minimum atomic E-state index is -3.72. The van der Waals surface area contributed by atoms with Crippen molar-refractivity contribution in [2.24, 2.45) is 7.05 Å². The third-order valence-electron chi connectivity index (χ3n) is 5.62. The van der Waals surface area contributed by atoms with Gasteiger partial charge in [0, 0.05) is 25.8 Å². The molecule has 2 aliphatic heterocycles. The Labute approximate surface area is 153 Å². The first kappa shape index (κ1) is 17.2. The summed E-state index contributed by atoms with van der Waals surface area (Å²) in [6.07, 6.45) is 1.28. The highest BCUT2D eigenvalue weighted by molar-refractivity contribution is 7.89. The van der Waals surface area contributed by atoms with Crippen molar-refractivity contribution in [2.45, 2.75) is 37.0 Å². The van der Waals surface area contributed by atoms with Gasteiger partial charge < -0.3 is 5.32 Å². The SMILES string of the molecule is Cc1nn(C)c(C)c1S(=O)(=O)N1CCC[C@@]2(C1)C(=O)Nc1ccccc12. The molecule has 2 aromatic rings. The number of nitrogens with one attached hydrogen (secondary N) is 1. The molecule has 26 heavy (non-hydrogen) atoms. The molecule has 0 radical (unpaired) electrons. The van der Waals surface area contributed by atoms with Crippen molar-refractivity contribution in [3.05, 3.63) is 41.2 Å². The number of aryl methyl sites for hydroxylation is 2. The summed E-state index contributed by atoms with van der Waals surface area (Å²) in [6.45, 7) is 4.03. The molecule has 0 aliphatic carbocycles. The number of nitrogens with zero attached hydrogens (tertiary/aromatic N) is 3. The van der Waals surface area contributed by atoms with Crippen LogP contribution in [-0.2, 0) is 27.3 Å². The maximum atomic E-state index is 13.3. The first-order valence-corrected chi connectivity index (χ1v) is 10.1. The van der Waals surface area contributed by atoms with Gasteiger partial charge in [-0.2, -0.15) is 9.40 Å². The lowest BCUT2D eigenvalue weighted by atomic mass is 9.76. The van der Waals surface area contributed by atoms with E-state index in [0.717, 1.165) is 11.3 Å². The molecule has 1 fully saturated rings. The van der Waals surface area contributed by atoms with Crippen LogP contribution >= 0.6 is 0 Å². The number of benzene rings is 1. The monoisotopic (exact) mass is 374 g/mol. The number of aromatic nitrogens is 2. The average Bonchev–Trinajstić information content (AvgIpc) is 3.02. The van der Waals surface area contributed by atoms with Gasteiger partial charge in [-0.3, -0.25) is 9.48 Å². The van der Waals surface area contributed by atoms with E-state index in [1.165, 1.54) is 4.31 Å². The van der Waals surface area contributed by atoms with E-state index in [-0.39, 0.29) is 17.3 Å². The number of fused-ring (bicyclic) bond motifs is 2. The number of anilines is 1. The first-order chi connectivity index (χ1) is 12.3. The number of rotatable bonds is 2. The lowest BCUT2D eigenvalue weighted by Crippen LogP contribution is -2.51. The maximum absolute atomic E-state index is 13.3. The van der Waals surface area contributed by atoms with Crippen LogP contribution in [0.3, 0.4) is 0 Å². The highest BCUT2D eigenvalue weighted by atomic mass is 32.2. The molecule has 4 rings (SSSR count). The summed E-state index contributed by atoms with van der Waals surface area (Å²) < 4.78 is 29.7. The summed E-state index contributed by atoms with van der Waals surface area (Å²) in [4.78, 5) is 13.1. The Bertz CT molecular complexity index is 1010. The summed E-state index contributed by atoms with van der Waals surface area (Å²) in [6, 6.07) is 7.55. The fourth-order valence-corrected chi connectivity index (χ4v) is 6.19. The Kier molecular flexibility index (Phi) is 3.75. The van der Waals surface area contributed by atoms with Crippen LogP contribution in [0.25, 0.3) is 0 Å². The topological polar surface area (TPSA) is 84.3 Å². The predicted octanol–water partition coefficient (Wildman–Crippen LogP) is 1.71. The minimum Gasteiger partial charge on any atom is -0.325 e. The van der Waals surface area contributed by atoms with Crippen molar-refractivity contribution < 1.29 is 13.2 Å². The fourth-order valence-electron chi connectivity index (χ4n) is 4.26. The van der Waals surface area contributed by atoms with Gasteiger partial charge in [0.2, 0.25) is 15.9 Å². The zero-order valence-electron chi connectivity index (χ0n) is 15.1. The normalized spacial score (nSPS) is 23.3. The number of carbonyl (C=O) groups excluding carboxylic acids is 1. The summed E-state index contributed by atoms with van der Waals surface area (Å²) in [7, 11) is -1.99. The molecular formula is C18H22N4O3S. The molecule has 0 saturated carbocycles. The Hall–Kier alpha value is -2.19. The molecule has 0 bridgehead atoms. The van der Waals surface area contributed by atoms with Gasteiger partial charge in [-0.05, 0) is 38.3 Å². The molecule has 1 aromatic heterocycles. The van der Waals surface area contributed by atoms with Gasteiger partial charge in [-0.15, -0.1) is 0 Å². The third-order valence-corrected chi connectivity index (χ3v) is 7.72. The van der Waals surface area contributed by atoms with E-state index < -0.39 is 15.4 Å². The summed E-state index contributed by atoms with van der Waals surface area (Å²) >= 11 is 0. The second-order valence-corrected chi connectivity index (χ2v) is 9.02. The van der Waals surface area contributed by atoms with Crippen LogP contribution in [0.15, 0.2) is 29.2 Å². The van der Waals surface area contributed by atoms with E-state index >= 15 is 0 Å². The molecular weight excluding hydrogens is 352 g/mol. The number of amides is 1. The van der Waals surface area contributed by atoms with Gasteiger partial charge in [-0.25, -0.2) is 8.42 Å². The maximum Gasteiger partial charge on any atom is 0.246 e. The summed E-state index contributed by atoms with van der Waals surface area (Å²) in [5, 5.41) is 7.16. The predicted molar refractivity (Wildman–Crippen MR) is 97.4 cm³/mol. The van der Waals surface area contributed by atoms with Crippen LogP contribution in [-0.4, -0.2) is 41.5 Å². The number of piperidine rings is 1. The Morgan fingerprint density at radius 2 is 1.96 bits per heavy atom. The van der Waals surface area contributed by atoms with Gasteiger partial charge >= 0.3 is 0 Å². The molecule has 1 atom stereocenters. The van der Waals surface area contributed by atoms with Gasteiger partial charge in [0.15, 0.2) is 0 Å². The van der Waals surface area contributed by atoms with E-state index in [0.29, 0.717) is 30.8 Å². The largest absolute Gasteiger partial charge is 0.325 e. The molecule has 2 aliphatic rings. The zero-order chi connectivity index (χ0) is 18.7. The molecule has 1 aromatic carbocycles. The molecule has 138 valence electrons. The standard InChI is InChI=1S/C18H22N4O3S/c1-12-16(13(2)21(3)20-12)26(24,25)22-10-6-9-18(11-22)14-7-4-5-8-15(14)19-17(18)23/h4-5,7-8H,6,9-11H2,1-3H3,(H,19,23)/t18-/m0/s1. The zero-order valence-corrected chi connectivity index (χ0v) is 15.9. The van der Waals surface area contributed by atoms with Crippen LogP contribution < -0.4 is 5.32 Å². The van der Waals surface area contributed by atoms with Crippen molar-refractivity contribution in [3.63, 3.8) is 0 Å². The number of hydrogen-bond acceptors (Lipinski definition) is 4. The Balaban J connectivity index is 1.77. The molecule has 0 unspecified atom stereocenters. The van der Waals surface area contributed by atoms with E-state index in [1.54, 1.807) is 25.6 Å². The van der Waals surface area contributed by atoms with Crippen LogP contribution in [0.4, 0.5) is 5.69 Å². The van der Waals surface area contributed by atoms with E-state index in [1.807, 2.05) is 24.3 Å². The lowest BCUT2D eigenvalue weighted by molar-refractivity contribution is -0.122. The number of carbonyl (C=O) groups is 1. The van der Waals surface area contributed by atoms with Gasteiger partial charge in [0.05, 0.1) is 16.8 Å². The van der Waals surface area contributed by atoms with Gasteiger partial charge in [-0.1, -0.05) is 18.2 Å². The third kappa shape index (κ3) is 2.25. The molecule has 1 saturated heterocycles. The molecule has 7 nitrogen and oxygen atoms in total. The van der Waals surface area contributed by atoms with E-state index in [2.05, 4.69) is 10.4 Å². The Morgan fingerprint density at radius 3 is 2.65 bits per heavy atom. The smallest absolute Gasteiger partial charge is 0.246 e. The first-order valence-electron chi connectivity index (χ1n) is 8.69. The van der Waals surface area contributed by atoms with Crippen molar-refractivity contribution in [2.75, 3.05) is 18.4 Å². The molecule has 1 N–H and O–H groups in total. The van der Waals surface area contributed by atoms with Crippen LogP contribution in [0.1, 0.15) is 29.8 Å². The summed E-state index contributed by atoms with van der Waals surface area (Å²) in [5.74, 6) is -0.113. The number of sulfonamides is 1. The van der Waals surface area contributed by atoms with Crippen molar-refractivity contribution in [3.8, 4) is 0 Å². The van der Waals surface area contributed by atoms with Crippen molar-refractivity contribution in [1.29, 1.82) is 0 Å². The second-order valence-electron chi connectivity index (χ2n) is 7.15. The molecule has 1 amide bonds. The summed E-state index contributed by atoms with van der Waals surface area (Å²) in [5.41, 5.74) is 1.96. The minimum absolute atomic E-state index is 0.113. The highest BCUT2D eigenvalue weighted by Crippen LogP contribution is 2.44.